The van der Waals surface area contributed by atoms with Gasteiger partial charge >= 0.3 is 0 Å². The summed E-state index contributed by atoms with van der Waals surface area (Å²) in [6, 6.07) is 4.54. The molecule has 0 aromatic heterocycles. The topological polar surface area (TPSA) is 88.4 Å². The van der Waals surface area contributed by atoms with Gasteiger partial charge in [0.05, 0.1) is 14.2 Å². The van der Waals surface area contributed by atoms with E-state index >= 15 is 0 Å². The fraction of sp³-hybridized carbons (Fsp3) is 0.250. The van der Waals surface area contributed by atoms with Crippen LogP contribution in [-0.2, 0) is 0 Å². The molecule has 2 aromatic carbocycles. The Kier molecular flexibility index (Phi) is 4.21. The second kappa shape index (κ2) is 5.93. The Labute approximate surface area is 128 Å². The molecule has 0 saturated carbocycles. The van der Waals surface area contributed by atoms with Crippen molar-refractivity contribution in [3.05, 3.63) is 29.3 Å². The van der Waals surface area contributed by atoms with Crippen molar-refractivity contribution in [1.29, 1.82) is 0 Å². The van der Waals surface area contributed by atoms with Crippen molar-refractivity contribution in [3.63, 3.8) is 0 Å². The van der Waals surface area contributed by atoms with Gasteiger partial charge in [0.2, 0.25) is 11.5 Å². The maximum absolute atomic E-state index is 10.1. The van der Waals surface area contributed by atoms with Gasteiger partial charge in [0, 0.05) is 6.07 Å². The van der Waals surface area contributed by atoms with Crippen molar-refractivity contribution in [1.82, 2.24) is 0 Å². The van der Waals surface area contributed by atoms with Gasteiger partial charge in [-0.3, -0.25) is 0 Å². The standard InChI is InChI=1S/C16H18O6/c1-8-5-12(20-3)10(17)7-11(8)22-16-9(2)6-13(21-4)14(18)15(16)19/h5-7,17-19H,1-4H3. The Morgan fingerprint density at radius 3 is 1.91 bits per heavy atom. The lowest BCUT2D eigenvalue weighted by Crippen LogP contribution is -1.94. The zero-order valence-corrected chi connectivity index (χ0v) is 12.8. The highest BCUT2D eigenvalue weighted by atomic mass is 16.5. The summed E-state index contributed by atoms with van der Waals surface area (Å²) in [7, 11) is 2.84. The number of benzene rings is 2. The highest BCUT2D eigenvalue weighted by Crippen LogP contribution is 2.47. The number of rotatable bonds is 4. The Bertz CT molecular complexity index is 709. The summed E-state index contributed by atoms with van der Waals surface area (Å²) < 4.78 is 15.6. The minimum Gasteiger partial charge on any atom is -0.504 e. The van der Waals surface area contributed by atoms with Gasteiger partial charge in [0.1, 0.15) is 5.75 Å². The van der Waals surface area contributed by atoms with Gasteiger partial charge in [0.15, 0.2) is 23.0 Å². The van der Waals surface area contributed by atoms with Crippen molar-refractivity contribution < 1.29 is 29.5 Å². The molecular formula is C16H18O6. The third-order valence-corrected chi connectivity index (χ3v) is 3.29. The molecule has 0 spiro atoms. The van der Waals surface area contributed by atoms with Crippen LogP contribution in [0.15, 0.2) is 18.2 Å². The van der Waals surface area contributed by atoms with Crippen molar-refractivity contribution in [2.75, 3.05) is 14.2 Å². The summed E-state index contributed by atoms with van der Waals surface area (Å²) >= 11 is 0. The predicted octanol–water partition coefficient (Wildman–Crippen LogP) is 3.23. The number of phenolic OH excluding ortho intramolecular Hbond substituents is 3. The minimum atomic E-state index is -0.424. The number of aryl methyl sites for hydroxylation is 2. The number of hydrogen-bond acceptors (Lipinski definition) is 6. The largest absolute Gasteiger partial charge is 0.504 e. The van der Waals surface area contributed by atoms with E-state index in [4.69, 9.17) is 14.2 Å². The summed E-state index contributed by atoms with van der Waals surface area (Å²) in [4.78, 5) is 0. The zero-order valence-electron chi connectivity index (χ0n) is 12.8. The maximum atomic E-state index is 10.1. The molecule has 0 bridgehead atoms. The first-order chi connectivity index (χ1) is 10.4. The molecule has 0 aliphatic rings. The number of hydrogen-bond donors (Lipinski definition) is 3. The first-order valence-electron chi connectivity index (χ1n) is 6.54. The van der Waals surface area contributed by atoms with Crippen LogP contribution in [0.3, 0.4) is 0 Å². The van der Waals surface area contributed by atoms with Crippen LogP contribution in [0.4, 0.5) is 0 Å². The summed E-state index contributed by atoms with van der Waals surface area (Å²) in [6.45, 7) is 3.47. The van der Waals surface area contributed by atoms with Crippen molar-refractivity contribution in [3.8, 4) is 40.2 Å². The summed E-state index contributed by atoms with van der Waals surface area (Å²) in [5.74, 6) is -0.0183. The Balaban J connectivity index is 2.48. The second-order valence-electron chi connectivity index (χ2n) is 4.81. The maximum Gasteiger partial charge on any atom is 0.205 e. The molecule has 0 heterocycles. The molecule has 6 nitrogen and oxygen atoms in total. The predicted molar refractivity (Wildman–Crippen MR) is 80.5 cm³/mol. The first kappa shape index (κ1) is 15.6. The van der Waals surface area contributed by atoms with Crippen molar-refractivity contribution >= 4 is 0 Å². The third-order valence-electron chi connectivity index (χ3n) is 3.29. The Hall–Kier alpha value is -2.76. The molecule has 0 aliphatic heterocycles. The van der Waals surface area contributed by atoms with Crippen LogP contribution in [0.25, 0.3) is 0 Å². The van der Waals surface area contributed by atoms with E-state index in [9.17, 15) is 15.3 Å². The smallest absolute Gasteiger partial charge is 0.205 e. The van der Waals surface area contributed by atoms with Gasteiger partial charge in [-0.05, 0) is 37.1 Å². The van der Waals surface area contributed by atoms with E-state index in [0.717, 1.165) is 0 Å². The Morgan fingerprint density at radius 2 is 1.32 bits per heavy atom. The first-order valence-corrected chi connectivity index (χ1v) is 6.54. The highest BCUT2D eigenvalue weighted by molar-refractivity contribution is 5.62. The second-order valence-corrected chi connectivity index (χ2v) is 4.81. The lowest BCUT2D eigenvalue weighted by atomic mass is 10.1. The van der Waals surface area contributed by atoms with E-state index in [1.165, 1.54) is 20.3 Å². The molecule has 6 heteroatoms. The molecule has 0 fully saturated rings. The molecule has 3 N–H and O–H groups in total. The fourth-order valence-electron chi connectivity index (χ4n) is 2.06. The third kappa shape index (κ3) is 2.67. The lowest BCUT2D eigenvalue weighted by Gasteiger charge is -2.16. The summed E-state index contributed by atoms with van der Waals surface area (Å²) in [5.41, 5.74) is 1.27. The molecule has 0 amide bonds. The number of methoxy groups -OCH3 is 2. The van der Waals surface area contributed by atoms with Crippen molar-refractivity contribution in [2.24, 2.45) is 0 Å². The van der Waals surface area contributed by atoms with Crippen LogP contribution in [0.5, 0.6) is 40.2 Å². The van der Waals surface area contributed by atoms with E-state index in [1.807, 2.05) is 0 Å². The minimum absolute atomic E-state index is 0.0852. The van der Waals surface area contributed by atoms with E-state index in [-0.39, 0.29) is 17.2 Å². The van der Waals surface area contributed by atoms with Gasteiger partial charge in [-0.15, -0.1) is 0 Å². The van der Waals surface area contributed by atoms with Gasteiger partial charge in [-0.2, -0.15) is 0 Å². The van der Waals surface area contributed by atoms with Crippen molar-refractivity contribution in [2.45, 2.75) is 13.8 Å². The van der Waals surface area contributed by atoms with E-state index in [0.29, 0.717) is 22.6 Å². The van der Waals surface area contributed by atoms with Gasteiger partial charge in [-0.25, -0.2) is 0 Å². The van der Waals surface area contributed by atoms with E-state index in [1.54, 1.807) is 26.0 Å². The molecule has 2 aromatic rings. The lowest BCUT2D eigenvalue weighted by molar-refractivity contribution is 0.335. The zero-order chi connectivity index (χ0) is 16.4. The number of ether oxygens (including phenoxy) is 3. The Morgan fingerprint density at radius 1 is 0.727 bits per heavy atom. The highest BCUT2D eigenvalue weighted by Gasteiger charge is 2.19. The molecular weight excluding hydrogens is 288 g/mol. The molecule has 0 unspecified atom stereocenters. The van der Waals surface area contributed by atoms with E-state index < -0.39 is 11.5 Å². The van der Waals surface area contributed by atoms with Crippen LogP contribution >= 0.6 is 0 Å². The molecule has 0 saturated heterocycles. The monoisotopic (exact) mass is 306 g/mol. The fourth-order valence-corrected chi connectivity index (χ4v) is 2.06. The molecule has 0 atom stereocenters. The van der Waals surface area contributed by atoms with Gasteiger partial charge in [-0.1, -0.05) is 0 Å². The summed E-state index contributed by atoms with van der Waals surface area (Å²) in [5, 5.41) is 29.8. The molecule has 0 aliphatic carbocycles. The quantitative estimate of drug-likeness (QED) is 0.752. The molecule has 22 heavy (non-hydrogen) atoms. The van der Waals surface area contributed by atoms with Crippen LogP contribution in [0.1, 0.15) is 11.1 Å². The van der Waals surface area contributed by atoms with Crippen LogP contribution < -0.4 is 14.2 Å². The molecule has 0 radical (unpaired) electrons. The average Bonchev–Trinajstić information content (AvgIpc) is 2.50. The van der Waals surface area contributed by atoms with Crippen LogP contribution in [-0.4, -0.2) is 29.5 Å². The number of phenols is 3. The summed E-state index contributed by atoms with van der Waals surface area (Å²) in [6.07, 6.45) is 0. The van der Waals surface area contributed by atoms with E-state index in [2.05, 4.69) is 0 Å². The normalized spacial score (nSPS) is 10.4. The van der Waals surface area contributed by atoms with Gasteiger partial charge < -0.3 is 29.5 Å². The number of aromatic hydroxyl groups is 3. The molecule has 2 rings (SSSR count). The van der Waals surface area contributed by atoms with Crippen LogP contribution in [0.2, 0.25) is 0 Å². The van der Waals surface area contributed by atoms with Crippen LogP contribution in [0, 0.1) is 13.8 Å². The van der Waals surface area contributed by atoms with Gasteiger partial charge in [0.25, 0.3) is 0 Å². The SMILES string of the molecule is COc1cc(C)c(Oc2c(C)cc(OC)c(O)c2O)cc1O. The molecule has 118 valence electrons. The average molecular weight is 306 g/mol.